The quantitative estimate of drug-likeness (QED) is 0.905. The smallest absolute Gasteiger partial charge is 0.163 e. The van der Waals surface area contributed by atoms with Crippen LogP contribution in [-0.2, 0) is 13.0 Å². The molecule has 0 fully saturated rings. The van der Waals surface area contributed by atoms with Gasteiger partial charge in [-0.25, -0.2) is 0 Å². The maximum absolute atomic E-state index is 5.74. The zero-order valence-electron chi connectivity index (χ0n) is 11.0. The molecular weight excluding hydrogens is 240 g/mol. The first-order valence-corrected chi connectivity index (χ1v) is 6.58. The Bertz CT molecular complexity index is 561. The van der Waals surface area contributed by atoms with Gasteiger partial charge in [0.15, 0.2) is 5.82 Å². The van der Waals surface area contributed by atoms with Gasteiger partial charge in [0, 0.05) is 18.5 Å². The summed E-state index contributed by atoms with van der Waals surface area (Å²) in [6.45, 7) is 1.68. The van der Waals surface area contributed by atoms with Crippen molar-refractivity contribution in [3.05, 3.63) is 30.1 Å². The minimum Gasteiger partial charge on any atom is -0.497 e. The normalized spacial score (nSPS) is 18.1. The number of hydrogen-bond acceptors (Lipinski definition) is 4. The summed E-state index contributed by atoms with van der Waals surface area (Å²) < 4.78 is 7.37. The van der Waals surface area contributed by atoms with Gasteiger partial charge in [-0.1, -0.05) is 0 Å². The van der Waals surface area contributed by atoms with Gasteiger partial charge in [-0.2, -0.15) is 0 Å². The van der Waals surface area contributed by atoms with E-state index in [4.69, 9.17) is 10.5 Å². The van der Waals surface area contributed by atoms with Crippen LogP contribution in [0.3, 0.4) is 0 Å². The van der Waals surface area contributed by atoms with E-state index in [0.717, 1.165) is 48.9 Å². The number of benzene rings is 1. The van der Waals surface area contributed by atoms with Crippen LogP contribution in [0.2, 0.25) is 0 Å². The number of rotatable bonds is 3. The number of nitrogens with zero attached hydrogens (tertiary/aromatic N) is 3. The molecule has 2 aromatic rings. The monoisotopic (exact) mass is 258 g/mol. The highest BCUT2D eigenvalue weighted by Crippen LogP contribution is 2.26. The molecule has 0 saturated carbocycles. The van der Waals surface area contributed by atoms with Crippen molar-refractivity contribution in [2.24, 2.45) is 11.7 Å². The molecule has 1 aromatic heterocycles. The Hall–Kier alpha value is -1.88. The third-order valence-electron chi connectivity index (χ3n) is 3.74. The third kappa shape index (κ3) is 2.21. The molecule has 0 radical (unpaired) electrons. The number of nitrogens with two attached hydrogens (primary N) is 1. The second kappa shape index (κ2) is 5.01. The van der Waals surface area contributed by atoms with Gasteiger partial charge < -0.3 is 15.0 Å². The standard InChI is InChI=1S/C14H18N4O/c1-19-12-4-2-11(3-5-12)14-17-16-13-8-10(9-15)6-7-18(13)14/h2-5,10H,6-9,15H2,1H3. The van der Waals surface area contributed by atoms with Gasteiger partial charge in [0.05, 0.1) is 7.11 Å². The summed E-state index contributed by atoms with van der Waals surface area (Å²) in [6.07, 6.45) is 2.03. The van der Waals surface area contributed by atoms with Crippen molar-refractivity contribution in [3.8, 4) is 17.1 Å². The average Bonchev–Trinajstić information content (AvgIpc) is 2.90. The minimum atomic E-state index is 0.542. The molecule has 100 valence electrons. The van der Waals surface area contributed by atoms with Gasteiger partial charge in [0.25, 0.3) is 0 Å². The molecule has 2 N–H and O–H groups in total. The molecule has 0 spiro atoms. The van der Waals surface area contributed by atoms with Crippen LogP contribution in [0.15, 0.2) is 24.3 Å². The Morgan fingerprint density at radius 3 is 2.79 bits per heavy atom. The van der Waals surface area contributed by atoms with Gasteiger partial charge in [-0.15, -0.1) is 10.2 Å². The summed E-state index contributed by atoms with van der Waals surface area (Å²) in [4.78, 5) is 0. The predicted molar refractivity (Wildman–Crippen MR) is 72.9 cm³/mol. The second-order valence-electron chi connectivity index (χ2n) is 4.91. The zero-order valence-corrected chi connectivity index (χ0v) is 11.0. The van der Waals surface area contributed by atoms with E-state index in [2.05, 4.69) is 14.8 Å². The molecule has 1 unspecified atom stereocenters. The highest BCUT2D eigenvalue weighted by molar-refractivity contribution is 5.56. The van der Waals surface area contributed by atoms with Crippen molar-refractivity contribution in [1.29, 1.82) is 0 Å². The number of aromatic nitrogens is 3. The Morgan fingerprint density at radius 1 is 1.32 bits per heavy atom. The largest absolute Gasteiger partial charge is 0.497 e. The molecule has 0 aliphatic carbocycles. The van der Waals surface area contributed by atoms with Crippen molar-refractivity contribution in [2.75, 3.05) is 13.7 Å². The van der Waals surface area contributed by atoms with Crippen molar-refractivity contribution in [3.63, 3.8) is 0 Å². The van der Waals surface area contributed by atoms with Crippen molar-refractivity contribution >= 4 is 0 Å². The van der Waals surface area contributed by atoms with E-state index in [1.807, 2.05) is 24.3 Å². The highest BCUT2D eigenvalue weighted by atomic mass is 16.5. The lowest BCUT2D eigenvalue weighted by Gasteiger charge is -2.22. The maximum Gasteiger partial charge on any atom is 0.163 e. The van der Waals surface area contributed by atoms with Crippen molar-refractivity contribution < 1.29 is 4.74 Å². The summed E-state index contributed by atoms with van der Waals surface area (Å²) in [5.41, 5.74) is 6.81. The van der Waals surface area contributed by atoms with Crippen LogP contribution in [0.4, 0.5) is 0 Å². The molecular formula is C14H18N4O. The van der Waals surface area contributed by atoms with Crippen LogP contribution in [0.5, 0.6) is 5.75 Å². The fourth-order valence-corrected chi connectivity index (χ4v) is 2.55. The lowest BCUT2D eigenvalue weighted by Crippen LogP contribution is -2.25. The minimum absolute atomic E-state index is 0.542. The fourth-order valence-electron chi connectivity index (χ4n) is 2.55. The fraction of sp³-hybridized carbons (Fsp3) is 0.429. The zero-order chi connectivity index (χ0) is 13.2. The van der Waals surface area contributed by atoms with Crippen molar-refractivity contribution in [2.45, 2.75) is 19.4 Å². The average molecular weight is 258 g/mol. The topological polar surface area (TPSA) is 66.0 Å². The van der Waals surface area contributed by atoms with Gasteiger partial charge >= 0.3 is 0 Å². The maximum atomic E-state index is 5.74. The van der Waals surface area contributed by atoms with E-state index in [0.29, 0.717) is 5.92 Å². The molecule has 0 saturated heterocycles. The van der Waals surface area contributed by atoms with Crippen LogP contribution >= 0.6 is 0 Å². The Kier molecular flexibility index (Phi) is 3.21. The summed E-state index contributed by atoms with van der Waals surface area (Å²) in [7, 11) is 1.67. The van der Waals surface area contributed by atoms with Gasteiger partial charge in [-0.3, -0.25) is 0 Å². The Morgan fingerprint density at radius 2 is 2.11 bits per heavy atom. The van der Waals surface area contributed by atoms with E-state index in [1.165, 1.54) is 0 Å². The van der Waals surface area contributed by atoms with E-state index >= 15 is 0 Å². The van der Waals surface area contributed by atoms with E-state index in [1.54, 1.807) is 7.11 Å². The summed E-state index contributed by atoms with van der Waals surface area (Å²) in [6, 6.07) is 7.93. The van der Waals surface area contributed by atoms with Crippen LogP contribution in [-0.4, -0.2) is 28.4 Å². The number of ether oxygens (including phenoxy) is 1. The van der Waals surface area contributed by atoms with E-state index in [-0.39, 0.29) is 0 Å². The molecule has 3 rings (SSSR count). The molecule has 0 amide bonds. The van der Waals surface area contributed by atoms with Crippen LogP contribution in [0, 0.1) is 5.92 Å². The molecule has 5 nitrogen and oxygen atoms in total. The molecule has 2 heterocycles. The molecule has 1 aliphatic heterocycles. The number of hydrogen-bond donors (Lipinski definition) is 1. The van der Waals surface area contributed by atoms with Gasteiger partial charge in [-0.05, 0) is 43.1 Å². The Labute approximate surface area is 112 Å². The first kappa shape index (κ1) is 12.2. The van der Waals surface area contributed by atoms with Crippen LogP contribution in [0.1, 0.15) is 12.2 Å². The SMILES string of the molecule is COc1ccc(-c2nnc3n2CCC(CN)C3)cc1. The summed E-state index contributed by atoms with van der Waals surface area (Å²) >= 11 is 0. The number of fused-ring (bicyclic) bond motifs is 1. The highest BCUT2D eigenvalue weighted by Gasteiger charge is 2.22. The van der Waals surface area contributed by atoms with Crippen LogP contribution in [0.25, 0.3) is 11.4 Å². The molecule has 19 heavy (non-hydrogen) atoms. The summed E-state index contributed by atoms with van der Waals surface area (Å²) in [5, 5.41) is 8.62. The Balaban J connectivity index is 1.92. The molecule has 1 atom stereocenters. The second-order valence-corrected chi connectivity index (χ2v) is 4.91. The molecule has 1 aromatic carbocycles. The molecule has 5 heteroatoms. The van der Waals surface area contributed by atoms with Crippen LogP contribution < -0.4 is 10.5 Å². The van der Waals surface area contributed by atoms with E-state index in [9.17, 15) is 0 Å². The number of methoxy groups -OCH3 is 1. The summed E-state index contributed by atoms with van der Waals surface area (Å²) in [5.74, 6) is 3.38. The van der Waals surface area contributed by atoms with Gasteiger partial charge in [0.2, 0.25) is 0 Å². The lowest BCUT2D eigenvalue weighted by molar-refractivity contribution is 0.391. The third-order valence-corrected chi connectivity index (χ3v) is 3.74. The van der Waals surface area contributed by atoms with Crippen molar-refractivity contribution in [1.82, 2.24) is 14.8 Å². The molecule has 0 bridgehead atoms. The van der Waals surface area contributed by atoms with Gasteiger partial charge in [0.1, 0.15) is 11.6 Å². The predicted octanol–water partition coefficient (Wildman–Crippen LogP) is 1.47. The molecule has 1 aliphatic rings. The first-order chi connectivity index (χ1) is 9.31. The van der Waals surface area contributed by atoms with E-state index < -0.39 is 0 Å². The first-order valence-electron chi connectivity index (χ1n) is 6.58. The lowest BCUT2D eigenvalue weighted by atomic mass is 9.98.